The fourth-order valence-corrected chi connectivity index (χ4v) is 3.28. The topological polar surface area (TPSA) is 101 Å². The molecule has 4 heterocycles. The zero-order valence-electron chi connectivity index (χ0n) is 14.5. The van der Waals surface area contributed by atoms with E-state index in [4.69, 9.17) is 4.74 Å². The maximum absolute atomic E-state index is 12.6. The summed E-state index contributed by atoms with van der Waals surface area (Å²) >= 11 is 0. The zero-order chi connectivity index (χ0) is 17.8. The van der Waals surface area contributed by atoms with E-state index in [2.05, 4.69) is 30.4 Å². The van der Waals surface area contributed by atoms with E-state index in [1.165, 1.54) is 12.7 Å². The van der Waals surface area contributed by atoms with Crippen LogP contribution in [0.2, 0.25) is 0 Å². The molecule has 0 radical (unpaired) electrons. The fraction of sp³-hybridized carbons (Fsp3) is 0.562. The van der Waals surface area contributed by atoms with Gasteiger partial charge in [0.1, 0.15) is 24.8 Å². The Morgan fingerprint density at radius 1 is 1.15 bits per heavy atom. The smallest absolute Gasteiger partial charge is 0.239 e. The number of nitrogens with one attached hydrogen (secondary N) is 1. The van der Waals surface area contributed by atoms with Gasteiger partial charge >= 0.3 is 0 Å². The lowest BCUT2D eigenvalue weighted by atomic mass is 9.97. The largest absolute Gasteiger partial charge is 0.379 e. The average Bonchev–Trinajstić information content (AvgIpc) is 3.24. The Kier molecular flexibility index (Phi) is 5.02. The molecule has 1 N–H and O–H groups in total. The molecule has 1 atom stereocenters. The van der Waals surface area contributed by atoms with Crippen LogP contribution in [0.1, 0.15) is 12.8 Å². The van der Waals surface area contributed by atoms with E-state index in [1.807, 2.05) is 11.1 Å². The lowest BCUT2D eigenvalue weighted by Crippen LogP contribution is -2.52. The van der Waals surface area contributed by atoms with Crippen molar-refractivity contribution < 1.29 is 9.53 Å². The van der Waals surface area contributed by atoms with Crippen LogP contribution in [-0.4, -0.2) is 75.0 Å². The number of hydrogen-bond donors (Lipinski definition) is 1. The summed E-state index contributed by atoms with van der Waals surface area (Å²) in [6.45, 7) is 4.29. The molecule has 2 aromatic rings. The van der Waals surface area contributed by atoms with E-state index in [1.54, 1.807) is 11.0 Å². The van der Waals surface area contributed by atoms with Gasteiger partial charge in [0, 0.05) is 32.2 Å². The average molecular weight is 358 g/mol. The van der Waals surface area contributed by atoms with Crippen LogP contribution in [0.4, 0.5) is 5.82 Å². The summed E-state index contributed by atoms with van der Waals surface area (Å²) in [4.78, 5) is 27.3. The van der Waals surface area contributed by atoms with Crippen molar-refractivity contribution in [3.8, 4) is 5.82 Å². The third kappa shape index (κ3) is 3.81. The third-order valence-corrected chi connectivity index (χ3v) is 4.69. The van der Waals surface area contributed by atoms with Gasteiger partial charge in [-0.1, -0.05) is 0 Å². The lowest BCUT2D eigenvalue weighted by Gasteiger charge is -2.34. The fourth-order valence-electron chi connectivity index (χ4n) is 3.28. The van der Waals surface area contributed by atoms with E-state index in [0.717, 1.165) is 38.3 Å². The molecule has 10 nitrogen and oxygen atoms in total. The minimum absolute atomic E-state index is 0.0589. The first kappa shape index (κ1) is 16.9. The number of hydrazine groups is 1. The third-order valence-electron chi connectivity index (χ3n) is 4.69. The normalized spacial score (nSPS) is 21.5. The number of anilines is 1. The highest BCUT2D eigenvalue weighted by atomic mass is 16.5. The quantitative estimate of drug-likeness (QED) is 0.791. The second-order valence-electron chi connectivity index (χ2n) is 6.44. The molecule has 0 unspecified atom stereocenters. The molecule has 26 heavy (non-hydrogen) atoms. The van der Waals surface area contributed by atoms with Crippen LogP contribution in [-0.2, 0) is 9.53 Å². The molecule has 2 aliphatic heterocycles. The van der Waals surface area contributed by atoms with Gasteiger partial charge in [-0.15, -0.1) is 0 Å². The number of ether oxygens (including phenoxy) is 1. The Labute approximate surface area is 151 Å². The van der Waals surface area contributed by atoms with E-state index in [0.29, 0.717) is 25.6 Å². The summed E-state index contributed by atoms with van der Waals surface area (Å²) in [6.07, 6.45) is 6.41. The molecule has 4 rings (SSSR count). The molecule has 138 valence electrons. The number of carbonyl (C=O) groups is 1. The predicted molar refractivity (Wildman–Crippen MR) is 92.4 cm³/mol. The first-order valence-corrected chi connectivity index (χ1v) is 8.85. The Morgan fingerprint density at radius 3 is 2.81 bits per heavy atom. The number of amides is 1. The van der Waals surface area contributed by atoms with Crippen molar-refractivity contribution in [3.05, 3.63) is 25.0 Å². The molecule has 0 aromatic carbocycles. The summed E-state index contributed by atoms with van der Waals surface area (Å²) in [7, 11) is 0. The molecule has 2 fully saturated rings. The van der Waals surface area contributed by atoms with Crippen LogP contribution in [0, 0.1) is 5.92 Å². The van der Waals surface area contributed by atoms with Crippen molar-refractivity contribution in [2.24, 2.45) is 5.92 Å². The van der Waals surface area contributed by atoms with Crippen LogP contribution < -0.4 is 10.3 Å². The van der Waals surface area contributed by atoms with E-state index in [-0.39, 0.29) is 11.8 Å². The summed E-state index contributed by atoms with van der Waals surface area (Å²) in [5.74, 6) is 1.47. The van der Waals surface area contributed by atoms with Crippen molar-refractivity contribution >= 4 is 11.7 Å². The van der Waals surface area contributed by atoms with Crippen molar-refractivity contribution in [2.75, 3.05) is 44.3 Å². The van der Waals surface area contributed by atoms with Crippen LogP contribution >= 0.6 is 0 Å². The van der Waals surface area contributed by atoms with Crippen molar-refractivity contribution in [3.63, 3.8) is 0 Å². The number of carbonyl (C=O) groups excluding carboxylic acids is 1. The Bertz CT molecular complexity index is 732. The molecule has 0 saturated carbocycles. The Hall–Kier alpha value is -2.59. The Balaban J connectivity index is 1.41. The van der Waals surface area contributed by atoms with Gasteiger partial charge in [-0.05, 0) is 12.8 Å². The van der Waals surface area contributed by atoms with Gasteiger partial charge in [0.05, 0.1) is 19.1 Å². The number of rotatable bonds is 4. The van der Waals surface area contributed by atoms with Gasteiger partial charge in [0.2, 0.25) is 5.91 Å². The summed E-state index contributed by atoms with van der Waals surface area (Å²) in [6, 6.07) is 1.87. The van der Waals surface area contributed by atoms with Crippen LogP contribution in [0.25, 0.3) is 5.82 Å². The van der Waals surface area contributed by atoms with Crippen LogP contribution in [0.5, 0.6) is 0 Å². The standard InChI is InChI=1S/C16H22N8O2/c25-16(21-23-4-6-26-7-5-23)13-2-1-3-22(9-13)14-8-15(19-11-18-14)24-12-17-10-20-24/h8,10-13H,1-7,9H2,(H,21,25)/t13-/m0/s1. The predicted octanol–water partition coefficient (Wildman–Crippen LogP) is -0.363. The monoisotopic (exact) mass is 358 g/mol. The van der Waals surface area contributed by atoms with E-state index in [9.17, 15) is 4.79 Å². The minimum Gasteiger partial charge on any atom is -0.379 e. The number of hydrogen-bond acceptors (Lipinski definition) is 8. The Morgan fingerprint density at radius 2 is 2.00 bits per heavy atom. The maximum Gasteiger partial charge on any atom is 0.239 e. The molecule has 1 amide bonds. The SMILES string of the molecule is O=C(NN1CCOCC1)[C@H]1CCCN(c2cc(-n3cncn3)ncn2)C1. The summed E-state index contributed by atoms with van der Waals surface area (Å²) in [5, 5.41) is 6.04. The zero-order valence-corrected chi connectivity index (χ0v) is 14.5. The van der Waals surface area contributed by atoms with Crippen LogP contribution in [0.3, 0.4) is 0 Å². The molecule has 2 saturated heterocycles. The molecular formula is C16H22N8O2. The summed E-state index contributed by atoms with van der Waals surface area (Å²) in [5.41, 5.74) is 3.03. The molecule has 0 aliphatic carbocycles. The second kappa shape index (κ2) is 7.75. The highest BCUT2D eigenvalue weighted by Crippen LogP contribution is 2.22. The molecule has 0 spiro atoms. The van der Waals surface area contributed by atoms with E-state index < -0.39 is 0 Å². The molecule has 0 bridgehead atoms. The first-order chi connectivity index (χ1) is 12.8. The van der Waals surface area contributed by atoms with Crippen molar-refractivity contribution in [1.82, 2.24) is 35.2 Å². The van der Waals surface area contributed by atoms with Crippen molar-refractivity contribution in [1.29, 1.82) is 0 Å². The minimum atomic E-state index is -0.0589. The number of morpholine rings is 1. The van der Waals surface area contributed by atoms with E-state index >= 15 is 0 Å². The number of aromatic nitrogens is 5. The molecule has 10 heteroatoms. The first-order valence-electron chi connectivity index (χ1n) is 8.85. The van der Waals surface area contributed by atoms with Gasteiger partial charge in [-0.25, -0.2) is 24.6 Å². The number of nitrogens with zero attached hydrogens (tertiary/aromatic N) is 7. The van der Waals surface area contributed by atoms with Gasteiger partial charge < -0.3 is 9.64 Å². The van der Waals surface area contributed by atoms with Crippen LogP contribution in [0.15, 0.2) is 25.0 Å². The van der Waals surface area contributed by atoms with Crippen molar-refractivity contribution in [2.45, 2.75) is 12.8 Å². The number of piperidine rings is 1. The molecule has 2 aromatic heterocycles. The molecular weight excluding hydrogens is 336 g/mol. The summed E-state index contributed by atoms with van der Waals surface area (Å²) < 4.78 is 6.91. The van der Waals surface area contributed by atoms with Gasteiger partial charge in [-0.3, -0.25) is 10.2 Å². The highest BCUT2D eigenvalue weighted by Gasteiger charge is 2.28. The van der Waals surface area contributed by atoms with Gasteiger partial charge in [0.25, 0.3) is 0 Å². The van der Waals surface area contributed by atoms with Gasteiger partial charge in [-0.2, -0.15) is 5.10 Å². The maximum atomic E-state index is 12.6. The second-order valence-corrected chi connectivity index (χ2v) is 6.44. The molecule has 2 aliphatic rings. The lowest BCUT2D eigenvalue weighted by molar-refractivity contribution is -0.132. The van der Waals surface area contributed by atoms with Gasteiger partial charge in [0.15, 0.2) is 5.82 Å². The highest BCUT2D eigenvalue weighted by molar-refractivity contribution is 5.79.